The molecule has 0 saturated carbocycles. The van der Waals surface area contributed by atoms with Gasteiger partial charge in [0.1, 0.15) is 11.5 Å². The lowest BCUT2D eigenvalue weighted by Crippen LogP contribution is -2.32. The summed E-state index contributed by atoms with van der Waals surface area (Å²) in [6.07, 6.45) is 1.14. The van der Waals surface area contributed by atoms with Crippen molar-refractivity contribution in [2.75, 3.05) is 38.9 Å². The van der Waals surface area contributed by atoms with Crippen LogP contribution in [0.2, 0.25) is 0 Å². The smallest absolute Gasteiger partial charge is 0.229 e. The predicted octanol–water partition coefficient (Wildman–Crippen LogP) is 3.27. The zero-order chi connectivity index (χ0) is 27.0. The molecule has 3 rings (SSSR count). The highest BCUT2D eigenvalue weighted by Gasteiger charge is 2.18. The monoisotopic (exact) mass is 530 g/mol. The van der Waals surface area contributed by atoms with Gasteiger partial charge in [-0.1, -0.05) is 24.3 Å². The maximum Gasteiger partial charge on any atom is 0.229 e. The second-order valence-electron chi connectivity index (χ2n) is 8.71. The highest BCUT2D eigenvalue weighted by Crippen LogP contribution is 2.31. The average molecular weight is 531 g/mol. The van der Waals surface area contributed by atoms with Crippen LogP contribution in [0.15, 0.2) is 60.7 Å². The van der Waals surface area contributed by atoms with E-state index in [0.717, 1.165) is 23.1 Å². The summed E-state index contributed by atoms with van der Waals surface area (Å²) in [4.78, 5) is 0. The molecule has 4 N–H and O–H groups in total. The standard InChI is InChI=1S/C27H34N2O7S/c1-34-22-9-5-18(6-10-22)14-23(20-8-12-26(35-2)27(16-20)36-3)28-17-21(30)13-19-7-11-25(31)24(15-19)29-37(4,32)33/h5-12,15-16,21,23,28-31H,13-14,17H2,1-4H3/t21-,23?/m0/s1. The number of aromatic hydroxyl groups is 1. The van der Waals surface area contributed by atoms with Crippen molar-refractivity contribution in [1.82, 2.24) is 5.32 Å². The minimum absolute atomic E-state index is 0.0721. The van der Waals surface area contributed by atoms with Crippen molar-refractivity contribution in [1.29, 1.82) is 0 Å². The van der Waals surface area contributed by atoms with E-state index in [-0.39, 0.29) is 30.4 Å². The van der Waals surface area contributed by atoms with Gasteiger partial charge in [0, 0.05) is 12.6 Å². The number of aliphatic hydroxyl groups is 1. The number of ether oxygens (including phenoxy) is 3. The Labute approximate surface area is 218 Å². The molecule has 9 nitrogen and oxygen atoms in total. The van der Waals surface area contributed by atoms with Crippen LogP contribution in [0.4, 0.5) is 5.69 Å². The Hall–Kier alpha value is -3.47. The number of hydrogen-bond donors (Lipinski definition) is 4. The van der Waals surface area contributed by atoms with Gasteiger partial charge in [-0.25, -0.2) is 8.42 Å². The third-order valence-corrected chi connectivity index (χ3v) is 6.43. The SMILES string of the molecule is COc1ccc(CC(NC[C@@H](O)Cc2ccc(O)c(NS(C)(=O)=O)c2)c2ccc(OC)c(OC)c2)cc1. The van der Waals surface area contributed by atoms with Crippen molar-refractivity contribution in [3.8, 4) is 23.0 Å². The Morgan fingerprint density at radius 1 is 0.838 bits per heavy atom. The minimum Gasteiger partial charge on any atom is -0.506 e. The first-order valence-electron chi connectivity index (χ1n) is 11.7. The Bertz CT molecular complexity index is 1280. The molecule has 3 aromatic carbocycles. The second-order valence-corrected chi connectivity index (χ2v) is 10.5. The summed E-state index contributed by atoms with van der Waals surface area (Å²) in [6.45, 7) is 0.269. The normalized spacial score (nSPS) is 13.0. The van der Waals surface area contributed by atoms with Crippen molar-refractivity contribution < 1.29 is 32.8 Å². The number of methoxy groups -OCH3 is 3. The zero-order valence-corrected chi connectivity index (χ0v) is 22.2. The zero-order valence-electron chi connectivity index (χ0n) is 21.4. The molecule has 0 heterocycles. The lowest BCUT2D eigenvalue weighted by molar-refractivity contribution is 0.167. The number of sulfonamides is 1. The van der Waals surface area contributed by atoms with Crippen LogP contribution >= 0.6 is 0 Å². The first-order valence-corrected chi connectivity index (χ1v) is 13.6. The van der Waals surface area contributed by atoms with Crippen molar-refractivity contribution in [3.63, 3.8) is 0 Å². The fourth-order valence-electron chi connectivity index (χ4n) is 3.99. The third-order valence-electron chi connectivity index (χ3n) is 5.84. The first kappa shape index (κ1) is 28.1. The van der Waals surface area contributed by atoms with Gasteiger partial charge in [0.15, 0.2) is 11.5 Å². The highest BCUT2D eigenvalue weighted by molar-refractivity contribution is 7.92. The number of benzene rings is 3. The van der Waals surface area contributed by atoms with Crippen LogP contribution in [-0.4, -0.2) is 58.9 Å². The number of nitrogens with one attached hydrogen (secondary N) is 2. The summed E-state index contributed by atoms with van der Waals surface area (Å²) >= 11 is 0. The van der Waals surface area contributed by atoms with E-state index in [9.17, 15) is 18.6 Å². The summed E-state index contributed by atoms with van der Waals surface area (Å²) in [5.41, 5.74) is 2.79. The molecular weight excluding hydrogens is 496 g/mol. The van der Waals surface area contributed by atoms with Gasteiger partial charge >= 0.3 is 0 Å². The molecule has 0 aliphatic carbocycles. The molecule has 200 valence electrons. The number of rotatable bonds is 13. The summed E-state index contributed by atoms with van der Waals surface area (Å²) in [5.74, 6) is 1.82. The van der Waals surface area contributed by atoms with Crippen molar-refractivity contribution in [2.24, 2.45) is 0 Å². The van der Waals surface area contributed by atoms with E-state index in [2.05, 4.69) is 10.0 Å². The molecular formula is C27H34N2O7S. The molecule has 0 bridgehead atoms. The Morgan fingerprint density at radius 3 is 2.14 bits per heavy atom. The highest BCUT2D eigenvalue weighted by atomic mass is 32.2. The number of phenolic OH excluding ortho intramolecular Hbond substituents is 1. The molecule has 3 aromatic rings. The molecule has 10 heteroatoms. The fraction of sp³-hybridized carbons (Fsp3) is 0.333. The van der Waals surface area contributed by atoms with E-state index in [0.29, 0.717) is 23.5 Å². The minimum atomic E-state index is -3.55. The number of aliphatic hydroxyl groups excluding tert-OH is 1. The van der Waals surface area contributed by atoms with Gasteiger partial charge in [-0.05, 0) is 65.9 Å². The molecule has 2 atom stereocenters. The molecule has 0 aliphatic heterocycles. The number of hydrogen-bond acceptors (Lipinski definition) is 8. The topological polar surface area (TPSA) is 126 Å². The third kappa shape index (κ3) is 8.28. The molecule has 0 aliphatic rings. The Kier molecular flexibility index (Phi) is 9.62. The fourth-order valence-corrected chi connectivity index (χ4v) is 4.55. The summed E-state index contributed by atoms with van der Waals surface area (Å²) in [7, 11) is 1.24. The average Bonchev–Trinajstić information content (AvgIpc) is 2.87. The van der Waals surface area contributed by atoms with Gasteiger partial charge in [-0.15, -0.1) is 0 Å². The Balaban J connectivity index is 1.76. The number of phenols is 1. The van der Waals surface area contributed by atoms with Gasteiger partial charge < -0.3 is 29.7 Å². The van der Waals surface area contributed by atoms with E-state index in [1.165, 1.54) is 12.1 Å². The Morgan fingerprint density at radius 2 is 1.51 bits per heavy atom. The molecule has 1 unspecified atom stereocenters. The second kappa shape index (κ2) is 12.7. The summed E-state index contributed by atoms with van der Waals surface area (Å²) < 4.78 is 41.5. The van der Waals surface area contributed by atoms with Crippen LogP contribution in [0.3, 0.4) is 0 Å². The summed E-state index contributed by atoms with van der Waals surface area (Å²) in [5, 5.41) is 24.2. The quantitative estimate of drug-likeness (QED) is 0.248. The van der Waals surface area contributed by atoms with E-state index in [1.807, 2.05) is 42.5 Å². The van der Waals surface area contributed by atoms with Crippen LogP contribution in [0, 0.1) is 0 Å². The predicted molar refractivity (Wildman–Crippen MR) is 143 cm³/mol. The molecule has 0 radical (unpaired) electrons. The van der Waals surface area contributed by atoms with Crippen LogP contribution in [0.25, 0.3) is 0 Å². The van der Waals surface area contributed by atoms with Crippen molar-refractivity contribution >= 4 is 15.7 Å². The molecule has 37 heavy (non-hydrogen) atoms. The molecule has 0 amide bonds. The summed E-state index contributed by atoms with van der Waals surface area (Å²) in [6, 6.07) is 17.9. The van der Waals surface area contributed by atoms with Crippen LogP contribution in [0.5, 0.6) is 23.0 Å². The number of anilines is 1. The maximum atomic E-state index is 11.6. The van der Waals surface area contributed by atoms with Gasteiger partial charge in [0.25, 0.3) is 0 Å². The molecule has 0 spiro atoms. The van der Waals surface area contributed by atoms with E-state index < -0.39 is 16.1 Å². The largest absolute Gasteiger partial charge is 0.506 e. The first-order chi connectivity index (χ1) is 17.6. The molecule has 0 aromatic heterocycles. The van der Waals surface area contributed by atoms with Gasteiger partial charge in [-0.2, -0.15) is 0 Å². The van der Waals surface area contributed by atoms with E-state index in [4.69, 9.17) is 14.2 Å². The maximum absolute atomic E-state index is 11.6. The van der Waals surface area contributed by atoms with Crippen LogP contribution in [0.1, 0.15) is 22.7 Å². The van der Waals surface area contributed by atoms with Crippen LogP contribution < -0.4 is 24.2 Å². The van der Waals surface area contributed by atoms with Gasteiger partial charge in [0.2, 0.25) is 10.0 Å². The van der Waals surface area contributed by atoms with E-state index >= 15 is 0 Å². The van der Waals surface area contributed by atoms with E-state index in [1.54, 1.807) is 27.4 Å². The van der Waals surface area contributed by atoms with Gasteiger partial charge in [0.05, 0.1) is 39.4 Å². The lowest BCUT2D eigenvalue weighted by Gasteiger charge is -2.23. The van der Waals surface area contributed by atoms with Crippen molar-refractivity contribution in [3.05, 3.63) is 77.4 Å². The lowest BCUT2D eigenvalue weighted by atomic mass is 9.97. The van der Waals surface area contributed by atoms with Crippen molar-refractivity contribution in [2.45, 2.75) is 25.0 Å². The molecule has 0 fully saturated rings. The van der Waals surface area contributed by atoms with Gasteiger partial charge in [-0.3, -0.25) is 4.72 Å². The van der Waals surface area contributed by atoms with Crippen LogP contribution in [-0.2, 0) is 22.9 Å². The molecule has 0 saturated heterocycles.